The number of alkyl carbamates (subject to hydrolysis) is 1. The molecule has 0 saturated carbocycles. The Morgan fingerprint density at radius 1 is 1.09 bits per heavy atom. The van der Waals surface area contributed by atoms with Crippen molar-refractivity contribution in [2.45, 2.75) is 76.3 Å². The van der Waals surface area contributed by atoms with Crippen molar-refractivity contribution in [2.75, 3.05) is 13.1 Å². The maximum absolute atomic E-state index is 13.3. The van der Waals surface area contributed by atoms with Gasteiger partial charge in [-0.05, 0) is 72.6 Å². The molecule has 0 fully saturated rings. The molecule has 0 spiro atoms. The summed E-state index contributed by atoms with van der Waals surface area (Å²) < 4.78 is 35.7. The predicted molar refractivity (Wildman–Crippen MR) is 127 cm³/mol. The van der Waals surface area contributed by atoms with Gasteiger partial charge in [0, 0.05) is 19.2 Å². The van der Waals surface area contributed by atoms with E-state index in [2.05, 4.69) is 10.6 Å². The minimum Gasteiger partial charge on any atom is -0.444 e. The van der Waals surface area contributed by atoms with E-state index in [0.29, 0.717) is 25.9 Å². The number of carbonyl (C=O) groups is 3. The summed E-state index contributed by atoms with van der Waals surface area (Å²) in [5.41, 5.74) is -2.01. The third-order valence-electron chi connectivity index (χ3n) is 4.63. The van der Waals surface area contributed by atoms with E-state index in [1.807, 2.05) is 0 Å². The number of benzene rings is 1. The maximum atomic E-state index is 13.3. The molecule has 0 aliphatic carbocycles. The molecule has 10 nitrogen and oxygen atoms in total. The maximum Gasteiger partial charge on any atom is 0.408 e. The molecule has 1 aromatic carbocycles. The molecule has 0 bridgehead atoms. The highest BCUT2D eigenvalue weighted by Crippen LogP contribution is 2.25. The Labute approximate surface area is 201 Å². The standard InChI is InChI=1S/C23H35N3O7S/c1-17-8-10-19(11-9-17)34(30,31)33-20(28)23(16-18(2)27,12-6-7-14-25-15-13-24)26-21(29)32-22(3,4)5/h8-11,13,24-25H,6-7,12,14-16H2,1-5H3,(H,26,29). The van der Waals surface area contributed by atoms with Gasteiger partial charge >= 0.3 is 22.2 Å². The third kappa shape index (κ3) is 10.0. The molecule has 1 unspecified atom stereocenters. The lowest BCUT2D eigenvalue weighted by molar-refractivity contribution is -0.144. The average Bonchev–Trinajstić information content (AvgIpc) is 2.68. The highest BCUT2D eigenvalue weighted by atomic mass is 32.2. The molecule has 1 rings (SSSR count). The summed E-state index contributed by atoms with van der Waals surface area (Å²) in [4.78, 5) is 37.7. The molecular formula is C23H35N3O7S. The Morgan fingerprint density at radius 2 is 1.71 bits per heavy atom. The summed E-state index contributed by atoms with van der Waals surface area (Å²) in [7, 11) is -4.50. The minimum atomic E-state index is -4.50. The molecule has 0 radical (unpaired) electrons. The van der Waals surface area contributed by atoms with Gasteiger partial charge < -0.3 is 25.0 Å². The number of hydrogen-bond acceptors (Lipinski definition) is 9. The summed E-state index contributed by atoms with van der Waals surface area (Å²) in [5.74, 6) is -1.70. The molecule has 0 heterocycles. The number of nitrogens with one attached hydrogen (secondary N) is 3. The van der Waals surface area contributed by atoms with E-state index in [0.717, 1.165) is 5.56 Å². The van der Waals surface area contributed by atoms with Crippen LogP contribution >= 0.6 is 0 Å². The highest BCUT2D eigenvalue weighted by Gasteiger charge is 2.45. The second-order valence-electron chi connectivity index (χ2n) is 9.09. The number of ether oxygens (including phenoxy) is 1. The second-order valence-corrected chi connectivity index (χ2v) is 10.6. The van der Waals surface area contributed by atoms with Crippen LogP contribution in [0, 0.1) is 12.3 Å². The van der Waals surface area contributed by atoms with E-state index < -0.39 is 45.5 Å². The molecule has 0 aromatic heterocycles. The molecule has 1 aromatic rings. The van der Waals surface area contributed by atoms with Gasteiger partial charge in [-0.25, -0.2) is 9.59 Å². The van der Waals surface area contributed by atoms with Crippen molar-refractivity contribution in [1.82, 2.24) is 10.6 Å². The number of unbranched alkanes of at least 4 members (excludes halogenated alkanes) is 1. The lowest BCUT2D eigenvalue weighted by Crippen LogP contribution is -2.57. The van der Waals surface area contributed by atoms with Crippen LogP contribution in [0.5, 0.6) is 0 Å². The number of hydrogen-bond donors (Lipinski definition) is 3. The Balaban J connectivity index is 3.23. The Morgan fingerprint density at radius 3 is 2.24 bits per heavy atom. The van der Waals surface area contributed by atoms with Crippen molar-refractivity contribution in [2.24, 2.45) is 0 Å². The van der Waals surface area contributed by atoms with Crippen LogP contribution in [0.25, 0.3) is 0 Å². The average molecular weight is 498 g/mol. The van der Waals surface area contributed by atoms with Crippen molar-refractivity contribution < 1.29 is 31.7 Å². The molecule has 0 aliphatic rings. The molecular weight excluding hydrogens is 462 g/mol. The summed E-state index contributed by atoms with van der Waals surface area (Å²) in [5, 5.41) is 12.4. The van der Waals surface area contributed by atoms with Crippen LogP contribution in [0.3, 0.4) is 0 Å². The van der Waals surface area contributed by atoms with E-state index >= 15 is 0 Å². The van der Waals surface area contributed by atoms with Gasteiger partial charge in [0.1, 0.15) is 21.8 Å². The third-order valence-corrected chi connectivity index (χ3v) is 5.85. The summed E-state index contributed by atoms with van der Waals surface area (Å²) in [6, 6.07) is 5.73. The van der Waals surface area contributed by atoms with E-state index in [1.54, 1.807) is 39.8 Å². The van der Waals surface area contributed by atoms with Gasteiger partial charge in [-0.15, -0.1) is 0 Å². The molecule has 0 saturated heterocycles. The largest absolute Gasteiger partial charge is 0.444 e. The number of Topliss-reactive ketones (excluding diaryl/α,β-unsaturated/α-hetero) is 1. The molecule has 190 valence electrons. The first kappa shape index (κ1) is 29.2. The molecule has 11 heteroatoms. The van der Waals surface area contributed by atoms with Crippen LogP contribution in [0.4, 0.5) is 4.79 Å². The van der Waals surface area contributed by atoms with E-state index in [4.69, 9.17) is 14.3 Å². The highest BCUT2D eigenvalue weighted by molar-refractivity contribution is 7.87. The fourth-order valence-corrected chi connectivity index (χ4v) is 4.05. The van der Waals surface area contributed by atoms with Crippen LogP contribution in [0.2, 0.25) is 0 Å². The van der Waals surface area contributed by atoms with Crippen molar-refractivity contribution in [3.63, 3.8) is 0 Å². The fraction of sp³-hybridized carbons (Fsp3) is 0.565. The van der Waals surface area contributed by atoms with E-state index in [9.17, 15) is 22.8 Å². The number of carbonyl (C=O) groups excluding carboxylic acids is 3. The molecule has 34 heavy (non-hydrogen) atoms. The van der Waals surface area contributed by atoms with Gasteiger partial charge in [0.25, 0.3) is 0 Å². The zero-order chi connectivity index (χ0) is 26.0. The zero-order valence-corrected chi connectivity index (χ0v) is 21.2. The summed E-state index contributed by atoms with van der Waals surface area (Å²) in [6.07, 6.45) is 0.607. The van der Waals surface area contributed by atoms with Crippen molar-refractivity contribution in [1.29, 1.82) is 5.41 Å². The van der Waals surface area contributed by atoms with Gasteiger partial charge in [0.15, 0.2) is 0 Å². The van der Waals surface area contributed by atoms with Gasteiger partial charge in [-0.2, -0.15) is 8.42 Å². The first-order chi connectivity index (χ1) is 15.7. The van der Waals surface area contributed by atoms with E-state index in [-0.39, 0.29) is 11.3 Å². The van der Waals surface area contributed by atoms with Crippen LogP contribution < -0.4 is 10.6 Å². The number of amides is 1. The lowest BCUT2D eigenvalue weighted by Gasteiger charge is -2.32. The van der Waals surface area contributed by atoms with Gasteiger partial charge in [0.05, 0.1) is 0 Å². The Bertz CT molecular complexity index is 969. The SMILES string of the molecule is CC(=O)CC(CCCCNCC=N)(NC(=O)OC(C)(C)C)C(=O)OS(=O)(=O)c1ccc(C)cc1. The lowest BCUT2D eigenvalue weighted by atomic mass is 9.87. The van der Waals surface area contributed by atoms with Crippen LogP contribution in [-0.4, -0.2) is 56.7 Å². The summed E-state index contributed by atoms with van der Waals surface area (Å²) >= 11 is 0. The smallest absolute Gasteiger partial charge is 0.408 e. The quantitative estimate of drug-likeness (QED) is 0.214. The first-order valence-electron chi connectivity index (χ1n) is 11.0. The predicted octanol–water partition coefficient (Wildman–Crippen LogP) is 2.88. The molecule has 0 aliphatic heterocycles. The van der Waals surface area contributed by atoms with Crippen LogP contribution in [-0.2, 0) is 28.6 Å². The topological polar surface area (TPSA) is 152 Å². The molecule has 3 N–H and O–H groups in total. The van der Waals surface area contributed by atoms with Crippen molar-refractivity contribution >= 4 is 34.2 Å². The normalized spacial score (nSPS) is 13.4. The molecule has 1 amide bonds. The zero-order valence-electron chi connectivity index (χ0n) is 20.4. The van der Waals surface area contributed by atoms with Crippen molar-refractivity contribution in [3.8, 4) is 0 Å². The van der Waals surface area contributed by atoms with Crippen LogP contribution in [0.1, 0.15) is 58.9 Å². The van der Waals surface area contributed by atoms with E-state index in [1.165, 1.54) is 25.3 Å². The Hall–Kier alpha value is -2.79. The first-order valence-corrected chi connectivity index (χ1v) is 12.4. The Kier molecular flexibility index (Phi) is 10.8. The number of rotatable bonds is 13. The second kappa shape index (κ2) is 12.6. The monoisotopic (exact) mass is 497 g/mol. The van der Waals surface area contributed by atoms with Crippen LogP contribution in [0.15, 0.2) is 29.2 Å². The number of aryl methyl sites for hydroxylation is 1. The van der Waals surface area contributed by atoms with Gasteiger partial charge in [0.2, 0.25) is 0 Å². The van der Waals surface area contributed by atoms with Gasteiger partial charge in [-0.3, -0.25) is 4.79 Å². The number of ketones is 1. The van der Waals surface area contributed by atoms with Gasteiger partial charge in [-0.1, -0.05) is 17.7 Å². The van der Waals surface area contributed by atoms with Crippen molar-refractivity contribution in [3.05, 3.63) is 29.8 Å². The summed E-state index contributed by atoms with van der Waals surface area (Å²) in [6.45, 7) is 8.82. The fourth-order valence-electron chi connectivity index (χ4n) is 3.13. The minimum absolute atomic E-state index is 0.0552. The molecule has 1 atom stereocenters.